The molecule has 4 heteroatoms. The first-order valence-electron chi connectivity index (χ1n) is 4.19. The Hall–Kier alpha value is 0.360. The van der Waals surface area contributed by atoms with Gasteiger partial charge in [0.1, 0.15) is 0 Å². The molecule has 0 aliphatic heterocycles. The van der Waals surface area contributed by atoms with Gasteiger partial charge in [0.2, 0.25) is 0 Å². The number of ether oxygens (including phenoxy) is 1. The Kier molecular flexibility index (Phi) is 8.22. The minimum Gasteiger partial charge on any atom is -0.391 e. The molecule has 1 N–H and O–H groups in total. The van der Waals surface area contributed by atoms with E-state index in [1.165, 1.54) is 0 Å². The second-order valence-electron chi connectivity index (χ2n) is 2.69. The zero-order valence-electron chi connectivity index (χ0n) is 7.79. The fourth-order valence-corrected chi connectivity index (χ4v) is 1.15. The highest BCUT2D eigenvalue weighted by molar-refractivity contribution is 9.09. The van der Waals surface area contributed by atoms with E-state index in [9.17, 15) is 5.11 Å². The minimum atomic E-state index is -0.276. The minimum absolute atomic E-state index is 0.276. The van der Waals surface area contributed by atoms with Crippen LogP contribution in [-0.2, 0) is 4.74 Å². The molecule has 74 valence electrons. The molecule has 0 rings (SSSR count). The molecule has 1 atom stereocenters. The van der Waals surface area contributed by atoms with E-state index in [4.69, 9.17) is 4.74 Å². The molecular formula is C8H18BrNO2. The van der Waals surface area contributed by atoms with Gasteiger partial charge in [-0.3, -0.25) is 4.90 Å². The molecular weight excluding hydrogens is 222 g/mol. The molecule has 0 aromatic heterocycles. The highest BCUT2D eigenvalue weighted by Crippen LogP contribution is 1.95. The second kappa shape index (κ2) is 7.98. The zero-order valence-corrected chi connectivity index (χ0v) is 9.38. The van der Waals surface area contributed by atoms with Crippen molar-refractivity contribution in [2.75, 3.05) is 38.7 Å². The quantitative estimate of drug-likeness (QED) is 0.665. The van der Waals surface area contributed by atoms with Crippen molar-refractivity contribution in [2.24, 2.45) is 0 Å². The maximum absolute atomic E-state index is 9.33. The van der Waals surface area contributed by atoms with Crippen LogP contribution >= 0.6 is 15.9 Å². The molecule has 0 amide bonds. The highest BCUT2D eigenvalue weighted by atomic mass is 79.9. The number of nitrogens with zero attached hydrogens (tertiary/aromatic N) is 1. The summed E-state index contributed by atoms with van der Waals surface area (Å²) in [7, 11) is 1.69. The molecule has 0 bridgehead atoms. The number of rotatable bonds is 7. The summed E-state index contributed by atoms with van der Waals surface area (Å²) < 4.78 is 4.95. The van der Waals surface area contributed by atoms with Crippen LogP contribution in [0, 0.1) is 0 Å². The highest BCUT2D eigenvalue weighted by Gasteiger charge is 2.07. The summed E-state index contributed by atoms with van der Waals surface area (Å²) in [6.07, 6.45) is -0.276. The van der Waals surface area contributed by atoms with Gasteiger partial charge in [-0.2, -0.15) is 0 Å². The van der Waals surface area contributed by atoms with Crippen LogP contribution in [0.15, 0.2) is 0 Å². The molecule has 0 fully saturated rings. The number of halogens is 1. The third-order valence-corrected chi connectivity index (χ3v) is 2.45. The van der Waals surface area contributed by atoms with Gasteiger partial charge >= 0.3 is 0 Å². The molecule has 3 nitrogen and oxygen atoms in total. The first-order chi connectivity index (χ1) is 5.74. The van der Waals surface area contributed by atoms with Crippen LogP contribution in [0.4, 0.5) is 0 Å². The smallest absolute Gasteiger partial charge is 0.0763 e. The van der Waals surface area contributed by atoms with Crippen LogP contribution in [0.2, 0.25) is 0 Å². The lowest BCUT2D eigenvalue weighted by molar-refractivity contribution is 0.104. The van der Waals surface area contributed by atoms with Crippen molar-refractivity contribution < 1.29 is 9.84 Å². The summed E-state index contributed by atoms with van der Waals surface area (Å²) in [4.78, 5) is 2.16. The van der Waals surface area contributed by atoms with Gasteiger partial charge in [-0.25, -0.2) is 0 Å². The zero-order chi connectivity index (χ0) is 9.40. The van der Waals surface area contributed by atoms with Gasteiger partial charge < -0.3 is 9.84 Å². The lowest BCUT2D eigenvalue weighted by atomic mass is 10.3. The third-order valence-electron chi connectivity index (χ3n) is 1.71. The number of methoxy groups -OCH3 is 1. The lowest BCUT2D eigenvalue weighted by Gasteiger charge is -2.21. The normalized spacial score (nSPS) is 13.8. The summed E-state index contributed by atoms with van der Waals surface area (Å²) in [6.45, 7) is 5.36. The number of hydrogen-bond acceptors (Lipinski definition) is 3. The molecule has 12 heavy (non-hydrogen) atoms. The van der Waals surface area contributed by atoms with Crippen molar-refractivity contribution in [1.29, 1.82) is 0 Å². The Morgan fingerprint density at radius 1 is 1.58 bits per heavy atom. The van der Waals surface area contributed by atoms with E-state index in [0.717, 1.165) is 19.7 Å². The number of aliphatic hydroxyl groups excluding tert-OH is 1. The average Bonchev–Trinajstić information content (AvgIpc) is 2.11. The molecule has 0 heterocycles. The maximum atomic E-state index is 9.33. The molecule has 0 aromatic rings. The van der Waals surface area contributed by atoms with E-state index in [1.54, 1.807) is 7.11 Å². The molecule has 0 aliphatic rings. The van der Waals surface area contributed by atoms with Gasteiger partial charge in [0.05, 0.1) is 12.7 Å². The van der Waals surface area contributed by atoms with Gasteiger partial charge in [0.15, 0.2) is 0 Å². The van der Waals surface area contributed by atoms with E-state index in [1.807, 2.05) is 0 Å². The van der Waals surface area contributed by atoms with Crippen LogP contribution in [0.3, 0.4) is 0 Å². The Labute approximate surface area is 82.8 Å². The van der Waals surface area contributed by atoms with Crippen molar-refractivity contribution >= 4 is 15.9 Å². The predicted octanol–water partition coefficient (Wildman–Crippen LogP) is 0.710. The summed E-state index contributed by atoms with van der Waals surface area (Å²) in [6, 6.07) is 0. The standard InChI is InChI=1S/C8H18BrNO2/c1-3-10(4-5-12-2)7-8(11)6-9/h8,11H,3-7H2,1-2H3. The van der Waals surface area contributed by atoms with Crippen LogP contribution in [0.25, 0.3) is 0 Å². The Bertz CT molecular complexity index is 103. The van der Waals surface area contributed by atoms with E-state index in [0.29, 0.717) is 11.9 Å². The van der Waals surface area contributed by atoms with E-state index < -0.39 is 0 Å². The molecule has 0 saturated carbocycles. The number of alkyl halides is 1. The van der Waals surface area contributed by atoms with Gasteiger partial charge in [-0.1, -0.05) is 22.9 Å². The van der Waals surface area contributed by atoms with Crippen LogP contribution in [0.1, 0.15) is 6.92 Å². The molecule has 0 radical (unpaired) electrons. The Morgan fingerprint density at radius 3 is 2.67 bits per heavy atom. The molecule has 1 unspecified atom stereocenters. The summed E-state index contributed by atoms with van der Waals surface area (Å²) in [5.74, 6) is 0. The van der Waals surface area contributed by atoms with E-state index in [-0.39, 0.29) is 6.10 Å². The molecule has 0 aliphatic carbocycles. The predicted molar refractivity (Wildman–Crippen MR) is 53.8 cm³/mol. The first kappa shape index (κ1) is 12.4. The van der Waals surface area contributed by atoms with Crippen molar-refractivity contribution in [3.63, 3.8) is 0 Å². The second-order valence-corrected chi connectivity index (χ2v) is 3.34. The van der Waals surface area contributed by atoms with E-state index >= 15 is 0 Å². The number of aliphatic hydroxyl groups is 1. The van der Waals surface area contributed by atoms with Gasteiger partial charge in [0, 0.05) is 25.5 Å². The van der Waals surface area contributed by atoms with Gasteiger partial charge in [-0.15, -0.1) is 0 Å². The lowest BCUT2D eigenvalue weighted by Crippen LogP contribution is -2.35. The molecule has 0 saturated heterocycles. The van der Waals surface area contributed by atoms with Gasteiger partial charge in [0.25, 0.3) is 0 Å². The van der Waals surface area contributed by atoms with Crippen LogP contribution in [0.5, 0.6) is 0 Å². The van der Waals surface area contributed by atoms with Crippen molar-refractivity contribution in [3.8, 4) is 0 Å². The topological polar surface area (TPSA) is 32.7 Å². The summed E-state index contributed by atoms with van der Waals surface area (Å²) in [5.41, 5.74) is 0. The van der Waals surface area contributed by atoms with Crippen LogP contribution < -0.4 is 0 Å². The third kappa shape index (κ3) is 5.94. The number of likely N-dealkylation sites (N-methyl/N-ethyl adjacent to an activating group) is 1. The maximum Gasteiger partial charge on any atom is 0.0763 e. The number of hydrogen-bond donors (Lipinski definition) is 1. The Balaban J connectivity index is 3.51. The largest absolute Gasteiger partial charge is 0.391 e. The SMILES string of the molecule is CCN(CCOC)CC(O)CBr. The average molecular weight is 240 g/mol. The fraction of sp³-hybridized carbons (Fsp3) is 1.00. The van der Waals surface area contributed by atoms with E-state index in [2.05, 4.69) is 27.8 Å². The molecule has 0 spiro atoms. The first-order valence-corrected chi connectivity index (χ1v) is 5.32. The van der Waals surface area contributed by atoms with Crippen molar-refractivity contribution in [1.82, 2.24) is 4.90 Å². The fourth-order valence-electron chi connectivity index (χ4n) is 0.946. The molecule has 0 aromatic carbocycles. The summed E-state index contributed by atoms with van der Waals surface area (Å²) in [5, 5.41) is 9.96. The Morgan fingerprint density at radius 2 is 2.25 bits per heavy atom. The van der Waals surface area contributed by atoms with Crippen molar-refractivity contribution in [3.05, 3.63) is 0 Å². The monoisotopic (exact) mass is 239 g/mol. The van der Waals surface area contributed by atoms with Crippen LogP contribution in [-0.4, -0.2) is 54.8 Å². The van der Waals surface area contributed by atoms with Gasteiger partial charge in [-0.05, 0) is 6.54 Å². The van der Waals surface area contributed by atoms with Crippen molar-refractivity contribution in [2.45, 2.75) is 13.0 Å². The summed E-state index contributed by atoms with van der Waals surface area (Å²) >= 11 is 3.23.